The zero-order valence-electron chi connectivity index (χ0n) is 13.9. The predicted molar refractivity (Wildman–Crippen MR) is 109 cm³/mol. The maximum absolute atomic E-state index is 6.10. The normalized spacial score (nSPS) is 11.5. The van der Waals surface area contributed by atoms with E-state index in [0.29, 0.717) is 5.15 Å². The summed E-state index contributed by atoms with van der Waals surface area (Å²) in [5, 5.41) is 2.73. The first-order valence-corrected chi connectivity index (χ1v) is 9.36. The quantitative estimate of drug-likeness (QED) is 0.340. The Morgan fingerprint density at radius 1 is 0.923 bits per heavy atom. The summed E-state index contributed by atoms with van der Waals surface area (Å²) >= 11 is 7.72. The fraction of sp³-hybridized carbons (Fsp3) is 0.0476. The lowest BCUT2D eigenvalue weighted by Crippen LogP contribution is -1.86. The second-order valence-electron chi connectivity index (χ2n) is 6.00. The Balaban J connectivity index is 1.97. The fourth-order valence-corrected chi connectivity index (χ4v) is 4.65. The minimum atomic E-state index is 0.481. The number of methoxy groups -OCH3 is 1. The van der Waals surface area contributed by atoms with Gasteiger partial charge in [0.1, 0.15) is 15.7 Å². The number of fused-ring (bicyclic) bond motifs is 4. The van der Waals surface area contributed by atoms with Gasteiger partial charge in [-0.05, 0) is 41.3 Å². The van der Waals surface area contributed by atoms with Crippen molar-refractivity contribution in [3.63, 3.8) is 0 Å². The largest absolute Gasteiger partial charge is 0.497 e. The van der Waals surface area contributed by atoms with Crippen molar-refractivity contribution >= 4 is 44.1 Å². The first kappa shape index (κ1) is 15.6. The molecule has 0 unspecified atom stereocenters. The standard InChI is InChI=1S/C21H13ClN2OS/c1-25-13-7-8-14-15(11-13)18(12-5-3-2-4-6-12)20-19(14)23-16-9-10-17(22)24-21(16)26-20/h2-11H,1H3. The van der Waals surface area contributed by atoms with E-state index in [1.165, 1.54) is 0 Å². The van der Waals surface area contributed by atoms with Gasteiger partial charge in [0.25, 0.3) is 0 Å². The third-order valence-corrected chi connectivity index (χ3v) is 5.80. The van der Waals surface area contributed by atoms with Gasteiger partial charge >= 0.3 is 0 Å². The molecule has 0 N–H and O–H groups in total. The second kappa shape index (κ2) is 5.94. The zero-order valence-corrected chi connectivity index (χ0v) is 15.4. The van der Waals surface area contributed by atoms with Crippen molar-refractivity contribution in [1.82, 2.24) is 9.97 Å². The predicted octanol–water partition coefficient (Wildman–Crippen LogP) is 6.28. The second-order valence-corrected chi connectivity index (χ2v) is 7.39. The van der Waals surface area contributed by atoms with Crippen LogP contribution in [0.1, 0.15) is 0 Å². The average molecular weight is 377 g/mol. The summed E-state index contributed by atoms with van der Waals surface area (Å²) in [6, 6.07) is 20.2. The highest BCUT2D eigenvalue weighted by Crippen LogP contribution is 2.48. The van der Waals surface area contributed by atoms with Gasteiger partial charge in [-0.25, -0.2) is 9.97 Å². The molecule has 0 saturated heterocycles. The molecule has 0 spiro atoms. The Morgan fingerprint density at radius 2 is 1.77 bits per heavy atom. The molecule has 0 saturated carbocycles. The third-order valence-electron chi connectivity index (χ3n) is 4.49. The molecule has 2 aliphatic rings. The Morgan fingerprint density at radius 3 is 2.58 bits per heavy atom. The average Bonchev–Trinajstić information content (AvgIpc) is 2.99. The van der Waals surface area contributed by atoms with E-state index in [2.05, 4.69) is 41.4 Å². The number of halogens is 1. The molecule has 26 heavy (non-hydrogen) atoms. The first-order valence-electron chi connectivity index (χ1n) is 8.16. The summed E-state index contributed by atoms with van der Waals surface area (Å²) in [7, 11) is 1.69. The minimum absolute atomic E-state index is 0.481. The van der Waals surface area contributed by atoms with Gasteiger partial charge in [0.2, 0.25) is 0 Å². The summed E-state index contributed by atoms with van der Waals surface area (Å²) in [6.07, 6.45) is 0. The Labute approximate surface area is 159 Å². The van der Waals surface area contributed by atoms with Gasteiger partial charge in [0.05, 0.1) is 23.2 Å². The molecule has 1 aliphatic heterocycles. The number of rotatable bonds is 2. The maximum Gasteiger partial charge on any atom is 0.144 e. The van der Waals surface area contributed by atoms with Crippen LogP contribution in [0.15, 0.2) is 60.7 Å². The van der Waals surface area contributed by atoms with Crippen molar-refractivity contribution in [3.05, 3.63) is 65.8 Å². The highest BCUT2D eigenvalue weighted by atomic mass is 35.5. The van der Waals surface area contributed by atoms with Crippen molar-refractivity contribution in [3.8, 4) is 27.4 Å². The lowest BCUT2D eigenvalue weighted by molar-refractivity contribution is 0.415. The van der Waals surface area contributed by atoms with Gasteiger partial charge in [-0.3, -0.25) is 0 Å². The van der Waals surface area contributed by atoms with Gasteiger partial charge in [-0.2, -0.15) is 0 Å². The highest BCUT2D eigenvalue weighted by Gasteiger charge is 2.23. The van der Waals surface area contributed by atoms with E-state index < -0.39 is 0 Å². The molecule has 5 heteroatoms. The smallest absolute Gasteiger partial charge is 0.144 e. The molecule has 3 nitrogen and oxygen atoms in total. The van der Waals surface area contributed by atoms with Crippen LogP contribution in [-0.4, -0.2) is 17.1 Å². The molecule has 0 radical (unpaired) electrons. The van der Waals surface area contributed by atoms with Crippen LogP contribution >= 0.6 is 22.9 Å². The summed E-state index contributed by atoms with van der Waals surface area (Å²) < 4.78 is 5.46. The van der Waals surface area contributed by atoms with Gasteiger partial charge < -0.3 is 4.74 Å². The molecule has 5 rings (SSSR count). The van der Waals surface area contributed by atoms with Gasteiger partial charge in [-0.15, -0.1) is 11.3 Å². The number of aromatic nitrogens is 2. The number of hydrogen-bond donors (Lipinski definition) is 0. The number of hydrogen-bond acceptors (Lipinski definition) is 4. The Kier molecular flexibility index (Phi) is 3.55. The van der Waals surface area contributed by atoms with E-state index >= 15 is 0 Å². The van der Waals surface area contributed by atoms with Gasteiger partial charge in [0.15, 0.2) is 0 Å². The number of ether oxygens (including phenoxy) is 1. The van der Waals surface area contributed by atoms with Gasteiger partial charge in [-0.1, -0.05) is 41.9 Å². The van der Waals surface area contributed by atoms with Crippen LogP contribution in [0.5, 0.6) is 5.75 Å². The van der Waals surface area contributed by atoms with Crippen molar-refractivity contribution in [2.45, 2.75) is 0 Å². The molecule has 0 bridgehead atoms. The van der Waals surface area contributed by atoms with Crippen molar-refractivity contribution < 1.29 is 4.74 Å². The Hall–Kier alpha value is -2.69. The Bertz CT molecular complexity index is 1230. The van der Waals surface area contributed by atoms with Crippen LogP contribution in [0.4, 0.5) is 0 Å². The topological polar surface area (TPSA) is 35.0 Å². The van der Waals surface area contributed by atoms with Crippen molar-refractivity contribution in [2.75, 3.05) is 7.11 Å². The van der Waals surface area contributed by atoms with Crippen LogP contribution < -0.4 is 4.74 Å². The zero-order chi connectivity index (χ0) is 17.7. The maximum atomic E-state index is 6.10. The van der Waals surface area contributed by atoms with Crippen LogP contribution in [-0.2, 0) is 0 Å². The third kappa shape index (κ3) is 2.34. The summed E-state index contributed by atoms with van der Waals surface area (Å²) in [6.45, 7) is 0. The lowest BCUT2D eigenvalue weighted by atomic mass is 10.0. The van der Waals surface area contributed by atoms with Crippen LogP contribution in [0, 0.1) is 0 Å². The van der Waals surface area contributed by atoms with Crippen LogP contribution in [0.3, 0.4) is 0 Å². The number of pyridine rings is 1. The molecule has 0 fully saturated rings. The molecule has 2 aromatic carbocycles. The highest BCUT2D eigenvalue weighted by molar-refractivity contribution is 7.21. The van der Waals surface area contributed by atoms with Gasteiger partial charge in [0, 0.05) is 10.9 Å². The fourth-order valence-electron chi connectivity index (χ4n) is 3.32. The number of nitrogens with zero attached hydrogens (tertiary/aromatic N) is 2. The first-order chi connectivity index (χ1) is 12.7. The molecule has 0 amide bonds. The lowest BCUT2D eigenvalue weighted by Gasteiger charge is -2.06. The summed E-state index contributed by atoms with van der Waals surface area (Å²) in [4.78, 5) is 11.3. The minimum Gasteiger partial charge on any atom is -0.497 e. The van der Waals surface area contributed by atoms with E-state index in [4.69, 9.17) is 21.3 Å². The van der Waals surface area contributed by atoms with E-state index in [9.17, 15) is 0 Å². The number of benzene rings is 2. The molecule has 3 aromatic rings. The molecular weight excluding hydrogens is 364 g/mol. The van der Waals surface area contributed by atoms with Crippen LogP contribution in [0.2, 0.25) is 5.15 Å². The molecular formula is C21H13ClN2OS. The van der Waals surface area contributed by atoms with E-state index in [0.717, 1.165) is 48.6 Å². The summed E-state index contributed by atoms with van der Waals surface area (Å²) in [5.41, 5.74) is 4.16. The molecule has 2 heterocycles. The molecule has 1 aromatic heterocycles. The van der Waals surface area contributed by atoms with E-state index in [1.807, 2.05) is 18.2 Å². The molecule has 1 aliphatic carbocycles. The molecule has 126 valence electrons. The van der Waals surface area contributed by atoms with E-state index in [-0.39, 0.29) is 0 Å². The molecule has 0 atom stereocenters. The van der Waals surface area contributed by atoms with Crippen molar-refractivity contribution in [1.29, 1.82) is 0 Å². The van der Waals surface area contributed by atoms with E-state index in [1.54, 1.807) is 24.5 Å². The van der Waals surface area contributed by atoms with Crippen LogP contribution in [0.25, 0.3) is 42.8 Å². The monoisotopic (exact) mass is 376 g/mol. The van der Waals surface area contributed by atoms with Crippen molar-refractivity contribution in [2.24, 2.45) is 0 Å². The SMILES string of the molecule is COc1ccc2c3nc4ccc(Cl)nc4sc-3c(-c3ccccc3)c2c1. The summed E-state index contributed by atoms with van der Waals surface area (Å²) in [5.74, 6) is 0.834.